The molecule has 0 aromatic carbocycles. The molecule has 2 aliphatic heterocycles. The quantitative estimate of drug-likeness (QED) is 0.268. The van der Waals surface area contributed by atoms with E-state index in [4.69, 9.17) is 9.47 Å². The van der Waals surface area contributed by atoms with Gasteiger partial charge in [0.2, 0.25) is 5.91 Å². The number of halogens is 1. The molecule has 1 aromatic heterocycles. The molecule has 1 amide bonds. The number of carbonyl (C=O) groups is 1. The van der Waals surface area contributed by atoms with E-state index in [0.29, 0.717) is 26.4 Å². The summed E-state index contributed by atoms with van der Waals surface area (Å²) in [7, 11) is 0. The van der Waals surface area contributed by atoms with Crippen LogP contribution in [0.5, 0.6) is 5.75 Å². The normalized spacial score (nSPS) is 18.2. The van der Waals surface area contributed by atoms with Gasteiger partial charge in [0.15, 0.2) is 5.96 Å². The number of nitrogens with zero attached hydrogens (tertiary/aromatic N) is 4. The Hall–Kier alpha value is -1.62. The smallest absolute Gasteiger partial charge is 0.225 e. The van der Waals surface area contributed by atoms with Crippen molar-refractivity contribution >= 4 is 35.8 Å². The van der Waals surface area contributed by atoms with E-state index in [0.717, 1.165) is 57.3 Å². The van der Waals surface area contributed by atoms with Crippen LogP contribution in [0.1, 0.15) is 19.8 Å². The van der Waals surface area contributed by atoms with Crippen molar-refractivity contribution in [3.8, 4) is 5.75 Å². The number of rotatable bonds is 6. The predicted molar refractivity (Wildman–Crippen MR) is 123 cm³/mol. The van der Waals surface area contributed by atoms with Crippen LogP contribution < -0.4 is 10.1 Å². The zero-order valence-corrected chi connectivity index (χ0v) is 19.4. The van der Waals surface area contributed by atoms with Gasteiger partial charge in [0, 0.05) is 44.8 Å². The van der Waals surface area contributed by atoms with Crippen molar-refractivity contribution in [1.82, 2.24) is 20.1 Å². The van der Waals surface area contributed by atoms with Gasteiger partial charge in [-0.3, -0.25) is 9.78 Å². The molecule has 0 aliphatic carbocycles. The lowest BCUT2D eigenvalue weighted by atomic mass is 9.95. The van der Waals surface area contributed by atoms with Crippen LogP contribution in [-0.4, -0.2) is 85.7 Å². The Balaban J connectivity index is 0.00000300. The van der Waals surface area contributed by atoms with Crippen LogP contribution in [0.3, 0.4) is 0 Å². The van der Waals surface area contributed by atoms with Crippen LogP contribution in [-0.2, 0) is 9.53 Å². The summed E-state index contributed by atoms with van der Waals surface area (Å²) in [5.41, 5.74) is 0. The molecule has 2 aliphatic rings. The topological polar surface area (TPSA) is 79.3 Å². The van der Waals surface area contributed by atoms with E-state index < -0.39 is 0 Å². The van der Waals surface area contributed by atoms with Gasteiger partial charge in [-0.05, 0) is 31.9 Å². The van der Waals surface area contributed by atoms with Crippen LogP contribution in [0.2, 0.25) is 0 Å². The molecule has 9 heteroatoms. The SMILES string of the molecule is CCNC(=NCCOc1cccnc1)N1CCC(C(=O)N2CCOCC2)CC1.I. The molecule has 1 aromatic rings. The summed E-state index contributed by atoms with van der Waals surface area (Å²) in [6.45, 7) is 8.40. The number of piperidine rings is 1. The molecule has 0 radical (unpaired) electrons. The van der Waals surface area contributed by atoms with Crippen LogP contribution >= 0.6 is 24.0 Å². The van der Waals surface area contributed by atoms with Gasteiger partial charge in [-0.25, -0.2) is 4.99 Å². The molecule has 0 unspecified atom stereocenters. The lowest BCUT2D eigenvalue weighted by Gasteiger charge is -2.36. The van der Waals surface area contributed by atoms with Gasteiger partial charge >= 0.3 is 0 Å². The summed E-state index contributed by atoms with van der Waals surface area (Å²) in [4.78, 5) is 25.6. The zero-order chi connectivity index (χ0) is 19.6. The molecule has 2 fully saturated rings. The lowest BCUT2D eigenvalue weighted by Crippen LogP contribution is -2.50. The predicted octanol–water partition coefficient (Wildman–Crippen LogP) is 1.61. The summed E-state index contributed by atoms with van der Waals surface area (Å²) >= 11 is 0. The van der Waals surface area contributed by atoms with Gasteiger partial charge in [-0.15, -0.1) is 24.0 Å². The van der Waals surface area contributed by atoms with E-state index in [9.17, 15) is 4.79 Å². The summed E-state index contributed by atoms with van der Waals surface area (Å²) in [5, 5.41) is 3.35. The maximum atomic E-state index is 12.7. The number of pyridine rings is 1. The molecule has 3 rings (SSSR count). The number of hydrogen-bond acceptors (Lipinski definition) is 5. The third-order valence-electron chi connectivity index (χ3n) is 5.06. The van der Waals surface area contributed by atoms with E-state index in [2.05, 4.69) is 27.1 Å². The number of amides is 1. The Labute approximate surface area is 190 Å². The molecule has 8 nitrogen and oxygen atoms in total. The molecule has 0 saturated carbocycles. The Bertz CT molecular complexity index is 632. The molecule has 162 valence electrons. The lowest BCUT2D eigenvalue weighted by molar-refractivity contribution is -0.140. The maximum Gasteiger partial charge on any atom is 0.225 e. The Morgan fingerprint density at radius 2 is 2.03 bits per heavy atom. The van der Waals surface area contributed by atoms with Gasteiger partial charge in [0.05, 0.1) is 26.0 Å². The summed E-state index contributed by atoms with van der Waals surface area (Å²) in [6.07, 6.45) is 5.16. The highest BCUT2D eigenvalue weighted by atomic mass is 127. The van der Waals surface area contributed by atoms with E-state index in [1.807, 2.05) is 17.0 Å². The number of morpholine rings is 1. The fourth-order valence-electron chi connectivity index (χ4n) is 3.55. The minimum absolute atomic E-state index is 0. The zero-order valence-electron chi connectivity index (χ0n) is 17.1. The number of hydrogen-bond donors (Lipinski definition) is 1. The van der Waals surface area contributed by atoms with Crippen LogP contribution in [0.15, 0.2) is 29.5 Å². The Morgan fingerprint density at radius 1 is 1.28 bits per heavy atom. The fraction of sp³-hybridized carbons (Fsp3) is 0.650. The molecule has 0 spiro atoms. The molecule has 0 atom stereocenters. The summed E-state index contributed by atoms with van der Waals surface area (Å²) < 4.78 is 11.0. The van der Waals surface area contributed by atoms with Crippen molar-refractivity contribution in [3.05, 3.63) is 24.5 Å². The highest BCUT2D eigenvalue weighted by Gasteiger charge is 2.30. The van der Waals surface area contributed by atoms with E-state index in [-0.39, 0.29) is 35.8 Å². The second kappa shape index (κ2) is 12.8. The van der Waals surface area contributed by atoms with Gasteiger partial charge in [-0.1, -0.05) is 0 Å². The largest absolute Gasteiger partial charge is 0.490 e. The number of likely N-dealkylation sites (tertiary alicyclic amines) is 1. The minimum Gasteiger partial charge on any atom is -0.490 e. The number of carbonyl (C=O) groups excluding carboxylic acids is 1. The first kappa shape index (κ1) is 23.7. The number of nitrogens with one attached hydrogen (secondary N) is 1. The van der Waals surface area contributed by atoms with Gasteiger partial charge in [0.1, 0.15) is 12.4 Å². The van der Waals surface area contributed by atoms with Crippen LogP contribution in [0.4, 0.5) is 0 Å². The van der Waals surface area contributed by atoms with E-state index in [1.54, 1.807) is 12.4 Å². The monoisotopic (exact) mass is 517 g/mol. The number of guanidine groups is 1. The van der Waals surface area contributed by atoms with Crippen molar-refractivity contribution in [3.63, 3.8) is 0 Å². The molecule has 0 bridgehead atoms. The van der Waals surface area contributed by atoms with Crippen LogP contribution in [0.25, 0.3) is 0 Å². The average molecular weight is 517 g/mol. The molecule has 1 N–H and O–H groups in total. The first-order chi connectivity index (χ1) is 13.8. The van der Waals surface area contributed by atoms with Gasteiger partial charge in [0.25, 0.3) is 0 Å². The molecule has 29 heavy (non-hydrogen) atoms. The van der Waals surface area contributed by atoms with Crippen molar-refractivity contribution in [2.75, 3.05) is 59.1 Å². The molecule has 3 heterocycles. The number of ether oxygens (including phenoxy) is 2. The van der Waals surface area contributed by atoms with Crippen molar-refractivity contribution < 1.29 is 14.3 Å². The van der Waals surface area contributed by atoms with Crippen molar-refractivity contribution in [2.45, 2.75) is 19.8 Å². The second-order valence-electron chi connectivity index (χ2n) is 6.97. The van der Waals surface area contributed by atoms with E-state index >= 15 is 0 Å². The highest BCUT2D eigenvalue weighted by Crippen LogP contribution is 2.20. The van der Waals surface area contributed by atoms with Gasteiger partial charge < -0.3 is 24.6 Å². The molecular weight excluding hydrogens is 485 g/mol. The highest BCUT2D eigenvalue weighted by molar-refractivity contribution is 14.0. The molecular formula is C20H32IN5O3. The maximum absolute atomic E-state index is 12.7. The third kappa shape index (κ3) is 7.29. The Morgan fingerprint density at radius 3 is 2.69 bits per heavy atom. The van der Waals surface area contributed by atoms with Crippen molar-refractivity contribution in [1.29, 1.82) is 0 Å². The third-order valence-corrected chi connectivity index (χ3v) is 5.06. The fourth-order valence-corrected chi connectivity index (χ4v) is 3.55. The summed E-state index contributed by atoms with van der Waals surface area (Å²) in [6, 6.07) is 3.74. The number of aromatic nitrogens is 1. The van der Waals surface area contributed by atoms with Crippen molar-refractivity contribution in [2.24, 2.45) is 10.9 Å². The standard InChI is InChI=1S/C20H31N5O3.HI/c1-2-22-20(23-8-13-28-18-4-3-7-21-16-18)25-9-5-17(6-10-25)19(26)24-11-14-27-15-12-24;/h3-4,7,16-17H,2,5-6,8-15H2,1H3,(H,22,23);1H. The second-order valence-corrected chi connectivity index (χ2v) is 6.97. The summed E-state index contributed by atoms with van der Waals surface area (Å²) in [5.74, 6) is 2.06. The number of aliphatic imine (C=N–C) groups is 1. The first-order valence-electron chi connectivity index (χ1n) is 10.2. The van der Waals surface area contributed by atoms with Crippen LogP contribution in [0, 0.1) is 5.92 Å². The first-order valence-corrected chi connectivity index (χ1v) is 10.2. The Kier molecular flexibility index (Phi) is 10.5. The minimum atomic E-state index is 0. The molecule has 2 saturated heterocycles. The van der Waals surface area contributed by atoms with E-state index in [1.165, 1.54) is 0 Å². The van der Waals surface area contributed by atoms with Gasteiger partial charge in [-0.2, -0.15) is 0 Å². The average Bonchev–Trinajstić information content (AvgIpc) is 2.77.